The van der Waals surface area contributed by atoms with Crippen molar-refractivity contribution >= 4 is 11.6 Å². The van der Waals surface area contributed by atoms with E-state index in [4.69, 9.17) is 16.3 Å². The van der Waals surface area contributed by atoms with Crippen molar-refractivity contribution in [1.82, 2.24) is 20.2 Å². The molecule has 0 N–H and O–H groups in total. The molecule has 2 aromatic rings. The normalized spacial score (nSPS) is 12.5. The fourth-order valence-corrected chi connectivity index (χ4v) is 1.55. The molecule has 0 aliphatic rings. The zero-order valence-corrected chi connectivity index (χ0v) is 10.0. The summed E-state index contributed by atoms with van der Waals surface area (Å²) in [5.74, 6) is 0.146. The summed E-state index contributed by atoms with van der Waals surface area (Å²) in [6.07, 6.45) is 0. The first-order valence-electron chi connectivity index (χ1n) is 4.89. The van der Waals surface area contributed by atoms with E-state index in [0.717, 1.165) is 0 Å². The molecule has 0 amide bonds. The standard InChI is InChI=1S/C10H10ClFN4O/c1-6(11)10-13-14-15-16(10)7-3-4-9(17-2)8(12)5-7/h3-6H,1-2H3. The number of hydrogen-bond acceptors (Lipinski definition) is 4. The van der Waals surface area contributed by atoms with Gasteiger partial charge in [-0.25, -0.2) is 4.39 Å². The molecule has 2 rings (SSSR count). The van der Waals surface area contributed by atoms with Crippen molar-refractivity contribution in [2.24, 2.45) is 0 Å². The van der Waals surface area contributed by atoms with Crippen LogP contribution in [0.4, 0.5) is 4.39 Å². The third kappa shape index (κ3) is 2.21. The summed E-state index contributed by atoms with van der Waals surface area (Å²) in [5, 5.41) is 10.7. The third-order valence-corrected chi connectivity index (χ3v) is 2.42. The molecular formula is C10H10ClFN4O. The number of benzene rings is 1. The van der Waals surface area contributed by atoms with Crippen LogP contribution in [0.25, 0.3) is 5.69 Å². The predicted molar refractivity (Wildman–Crippen MR) is 59.9 cm³/mol. The number of halogens is 2. The number of ether oxygens (including phenoxy) is 1. The van der Waals surface area contributed by atoms with Gasteiger partial charge in [-0.3, -0.25) is 0 Å². The van der Waals surface area contributed by atoms with Gasteiger partial charge >= 0.3 is 0 Å². The Hall–Kier alpha value is -1.69. The van der Waals surface area contributed by atoms with Gasteiger partial charge < -0.3 is 4.74 Å². The first-order valence-corrected chi connectivity index (χ1v) is 5.33. The zero-order valence-electron chi connectivity index (χ0n) is 9.26. The van der Waals surface area contributed by atoms with Crippen molar-refractivity contribution in [3.63, 3.8) is 0 Å². The fraction of sp³-hybridized carbons (Fsp3) is 0.300. The summed E-state index contributed by atoms with van der Waals surface area (Å²) in [5.41, 5.74) is 0.496. The first-order chi connectivity index (χ1) is 8.13. The molecule has 17 heavy (non-hydrogen) atoms. The van der Waals surface area contributed by atoms with Gasteiger partial charge in [0, 0.05) is 6.07 Å². The van der Waals surface area contributed by atoms with E-state index in [-0.39, 0.29) is 11.1 Å². The lowest BCUT2D eigenvalue weighted by Gasteiger charge is -2.07. The Bertz CT molecular complexity index is 529. The van der Waals surface area contributed by atoms with Gasteiger partial charge in [0.15, 0.2) is 17.4 Å². The van der Waals surface area contributed by atoms with E-state index in [0.29, 0.717) is 11.5 Å². The van der Waals surface area contributed by atoms with Crippen molar-refractivity contribution in [2.45, 2.75) is 12.3 Å². The molecule has 0 radical (unpaired) electrons. The first kappa shape index (κ1) is 11.8. The number of aromatic nitrogens is 4. The lowest BCUT2D eigenvalue weighted by Crippen LogP contribution is -2.04. The van der Waals surface area contributed by atoms with Gasteiger partial charge in [-0.1, -0.05) is 0 Å². The smallest absolute Gasteiger partial charge is 0.174 e. The van der Waals surface area contributed by atoms with Crippen molar-refractivity contribution in [2.75, 3.05) is 7.11 Å². The van der Waals surface area contributed by atoms with Gasteiger partial charge in [0.05, 0.1) is 18.2 Å². The molecule has 0 saturated heterocycles. The van der Waals surface area contributed by atoms with Crippen molar-refractivity contribution in [1.29, 1.82) is 0 Å². The van der Waals surface area contributed by atoms with E-state index < -0.39 is 5.82 Å². The van der Waals surface area contributed by atoms with E-state index >= 15 is 0 Å². The SMILES string of the molecule is COc1ccc(-n2nnnc2C(C)Cl)cc1F. The van der Waals surface area contributed by atoms with Crippen LogP contribution in [0.2, 0.25) is 0 Å². The van der Waals surface area contributed by atoms with Crippen LogP contribution in [0.5, 0.6) is 5.75 Å². The largest absolute Gasteiger partial charge is 0.494 e. The number of hydrogen-bond donors (Lipinski definition) is 0. The van der Waals surface area contributed by atoms with Crippen molar-refractivity contribution < 1.29 is 9.13 Å². The highest BCUT2D eigenvalue weighted by Gasteiger charge is 2.14. The van der Waals surface area contributed by atoms with Gasteiger partial charge in [0.1, 0.15) is 0 Å². The summed E-state index contributed by atoms with van der Waals surface area (Å²) in [7, 11) is 1.40. The average molecular weight is 257 g/mol. The van der Waals surface area contributed by atoms with Crippen molar-refractivity contribution in [3.05, 3.63) is 29.8 Å². The number of methoxy groups -OCH3 is 1. The molecule has 0 spiro atoms. The van der Waals surface area contributed by atoms with Gasteiger partial charge in [-0.2, -0.15) is 4.68 Å². The Morgan fingerprint density at radius 2 is 2.24 bits per heavy atom. The van der Waals surface area contributed by atoms with Crippen LogP contribution in [0, 0.1) is 5.82 Å². The second-order valence-electron chi connectivity index (χ2n) is 3.38. The molecule has 5 nitrogen and oxygen atoms in total. The van der Waals surface area contributed by atoms with Crippen LogP contribution >= 0.6 is 11.6 Å². The third-order valence-electron chi connectivity index (χ3n) is 2.23. The van der Waals surface area contributed by atoms with Gasteiger partial charge in [-0.15, -0.1) is 16.7 Å². The second kappa shape index (κ2) is 4.67. The van der Waals surface area contributed by atoms with Crippen LogP contribution in [0.3, 0.4) is 0 Å². The van der Waals surface area contributed by atoms with Crippen LogP contribution in [0.1, 0.15) is 18.1 Å². The lowest BCUT2D eigenvalue weighted by molar-refractivity contribution is 0.386. The number of alkyl halides is 1. The van der Waals surface area contributed by atoms with Gasteiger partial charge in [0.2, 0.25) is 0 Å². The fourth-order valence-electron chi connectivity index (χ4n) is 1.41. The molecule has 7 heteroatoms. The number of nitrogens with zero attached hydrogens (tertiary/aromatic N) is 4. The highest BCUT2D eigenvalue weighted by atomic mass is 35.5. The molecule has 0 bridgehead atoms. The van der Waals surface area contributed by atoms with Crippen molar-refractivity contribution in [3.8, 4) is 11.4 Å². The maximum absolute atomic E-state index is 13.5. The number of tetrazole rings is 1. The summed E-state index contributed by atoms with van der Waals surface area (Å²) < 4.78 is 19.8. The van der Waals surface area contributed by atoms with Crippen LogP contribution < -0.4 is 4.74 Å². The Morgan fingerprint density at radius 3 is 2.82 bits per heavy atom. The van der Waals surface area contributed by atoms with Crippen LogP contribution in [0.15, 0.2) is 18.2 Å². The molecule has 1 aromatic carbocycles. The minimum atomic E-state index is -0.478. The molecule has 0 saturated carbocycles. The number of rotatable bonds is 3. The quantitative estimate of drug-likeness (QED) is 0.790. The highest BCUT2D eigenvalue weighted by molar-refractivity contribution is 6.20. The second-order valence-corrected chi connectivity index (χ2v) is 4.04. The summed E-state index contributed by atoms with van der Waals surface area (Å²) in [4.78, 5) is 0. The molecule has 0 fully saturated rings. The topological polar surface area (TPSA) is 52.8 Å². The zero-order chi connectivity index (χ0) is 12.4. The molecule has 1 atom stereocenters. The molecule has 1 heterocycles. The lowest BCUT2D eigenvalue weighted by atomic mass is 10.3. The Balaban J connectivity index is 2.46. The molecular weight excluding hydrogens is 247 g/mol. The maximum atomic E-state index is 13.5. The van der Waals surface area contributed by atoms with Crippen LogP contribution in [-0.4, -0.2) is 27.3 Å². The van der Waals surface area contributed by atoms with Gasteiger partial charge in [0.25, 0.3) is 0 Å². The van der Waals surface area contributed by atoms with E-state index in [1.807, 2.05) is 0 Å². The van der Waals surface area contributed by atoms with E-state index in [9.17, 15) is 4.39 Å². The minimum absolute atomic E-state index is 0.169. The van der Waals surface area contributed by atoms with E-state index in [2.05, 4.69) is 15.5 Å². The maximum Gasteiger partial charge on any atom is 0.174 e. The Morgan fingerprint density at radius 1 is 1.47 bits per heavy atom. The molecule has 1 aromatic heterocycles. The summed E-state index contributed by atoms with van der Waals surface area (Å²) in [6, 6.07) is 4.45. The highest BCUT2D eigenvalue weighted by Crippen LogP contribution is 2.23. The minimum Gasteiger partial charge on any atom is -0.494 e. The summed E-state index contributed by atoms with van der Waals surface area (Å²) in [6.45, 7) is 1.74. The predicted octanol–water partition coefficient (Wildman–Crippen LogP) is 2.11. The monoisotopic (exact) mass is 256 g/mol. The molecule has 0 aliphatic heterocycles. The summed E-state index contributed by atoms with van der Waals surface area (Å²) >= 11 is 5.92. The van der Waals surface area contributed by atoms with Crippen LogP contribution in [-0.2, 0) is 0 Å². The Kier molecular flexibility index (Phi) is 3.23. The molecule has 90 valence electrons. The molecule has 0 aliphatic carbocycles. The van der Waals surface area contributed by atoms with E-state index in [1.54, 1.807) is 13.0 Å². The van der Waals surface area contributed by atoms with E-state index in [1.165, 1.54) is 23.9 Å². The molecule has 1 unspecified atom stereocenters. The van der Waals surface area contributed by atoms with Gasteiger partial charge in [-0.05, 0) is 29.5 Å². The Labute approximate surface area is 102 Å². The average Bonchev–Trinajstić information content (AvgIpc) is 2.77.